The SMILES string of the molecule is Cc1noc(CSc2ccccc2C(=O)O[C@@H](C)C(N)=O)n1. The van der Waals surface area contributed by atoms with E-state index in [9.17, 15) is 9.59 Å². The molecule has 0 saturated carbocycles. The quantitative estimate of drug-likeness (QED) is 0.637. The monoisotopic (exact) mass is 321 g/mol. The molecule has 0 aliphatic heterocycles. The first-order valence-electron chi connectivity index (χ1n) is 6.48. The van der Waals surface area contributed by atoms with Gasteiger partial charge in [0.25, 0.3) is 5.91 Å². The molecule has 0 unspecified atom stereocenters. The van der Waals surface area contributed by atoms with Gasteiger partial charge in [-0.15, -0.1) is 11.8 Å². The summed E-state index contributed by atoms with van der Waals surface area (Å²) in [6.45, 7) is 3.16. The Kier molecular flexibility index (Phi) is 5.16. The summed E-state index contributed by atoms with van der Waals surface area (Å²) < 4.78 is 10.0. The van der Waals surface area contributed by atoms with E-state index in [1.54, 1.807) is 31.2 Å². The lowest BCUT2D eigenvalue weighted by atomic mass is 10.2. The highest BCUT2D eigenvalue weighted by atomic mass is 32.2. The van der Waals surface area contributed by atoms with E-state index in [4.69, 9.17) is 15.0 Å². The molecule has 2 rings (SSSR count). The number of carbonyl (C=O) groups is 2. The standard InChI is InChI=1S/C14H15N3O4S/c1-8(13(15)18)20-14(19)10-5-3-4-6-11(10)22-7-12-16-9(2)17-21-12/h3-6,8H,7H2,1-2H3,(H2,15,18)/t8-/m0/s1. The van der Waals surface area contributed by atoms with E-state index in [0.717, 1.165) is 0 Å². The molecule has 0 spiro atoms. The number of hydrogen-bond acceptors (Lipinski definition) is 7. The highest BCUT2D eigenvalue weighted by Crippen LogP contribution is 2.26. The van der Waals surface area contributed by atoms with E-state index in [1.165, 1.54) is 18.7 Å². The summed E-state index contributed by atoms with van der Waals surface area (Å²) in [5.74, 6) is 0.155. The Morgan fingerprint density at radius 2 is 2.14 bits per heavy atom. The minimum absolute atomic E-state index is 0.358. The van der Waals surface area contributed by atoms with Crippen molar-refractivity contribution in [1.82, 2.24) is 10.1 Å². The van der Waals surface area contributed by atoms with Crippen LogP contribution in [0.1, 0.15) is 29.0 Å². The van der Waals surface area contributed by atoms with Crippen LogP contribution in [0.5, 0.6) is 0 Å². The molecule has 116 valence electrons. The minimum atomic E-state index is -0.982. The molecule has 22 heavy (non-hydrogen) atoms. The van der Waals surface area contributed by atoms with Gasteiger partial charge in [-0.1, -0.05) is 17.3 Å². The van der Waals surface area contributed by atoms with Crippen LogP contribution in [-0.2, 0) is 15.3 Å². The van der Waals surface area contributed by atoms with E-state index in [1.807, 2.05) is 0 Å². The van der Waals surface area contributed by atoms with Crippen molar-refractivity contribution in [3.8, 4) is 0 Å². The van der Waals surface area contributed by atoms with Crippen molar-refractivity contribution < 1.29 is 18.8 Å². The Morgan fingerprint density at radius 1 is 1.41 bits per heavy atom. The van der Waals surface area contributed by atoms with Gasteiger partial charge < -0.3 is 15.0 Å². The number of carbonyl (C=O) groups excluding carboxylic acids is 2. The summed E-state index contributed by atoms with van der Waals surface area (Å²) in [7, 11) is 0. The van der Waals surface area contributed by atoms with Gasteiger partial charge >= 0.3 is 5.97 Å². The normalized spacial score (nSPS) is 11.9. The Hall–Kier alpha value is -2.35. The maximum absolute atomic E-state index is 12.1. The third-order valence-corrected chi connectivity index (χ3v) is 3.77. The zero-order valence-electron chi connectivity index (χ0n) is 12.1. The summed E-state index contributed by atoms with van der Waals surface area (Å²) >= 11 is 1.36. The van der Waals surface area contributed by atoms with Crippen molar-refractivity contribution in [3.05, 3.63) is 41.5 Å². The number of thioether (sulfide) groups is 1. The Labute approximate surface area is 131 Å². The van der Waals surface area contributed by atoms with E-state index in [2.05, 4.69) is 10.1 Å². The van der Waals surface area contributed by atoms with Crippen LogP contribution in [0.3, 0.4) is 0 Å². The zero-order chi connectivity index (χ0) is 16.1. The smallest absolute Gasteiger partial charge is 0.340 e. The lowest BCUT2D eigenvalue weighted by Gasteiger charge is -2.11. The summed E-state index contributed by atoms with van der Waals surface area (Å²) in [6, 6.07) is 6.92. The molecule has 7 nitrogen and oxygen atoms in total. The lowest BCUT2D eigenvalue weighted by Crippen LogP contribution is -2.30. The number of nitrogens with two attached hydrogens (primary N) is 1. The molecule has 2 aromatic rings. The molecule has 1 atom stereocenters. The molecule has 1 heterocycles. The molecule has 0 aliphatic rings. The summed E-state index contributed by atoms with van der Waals surface area (Å²) in [5, 5.41) is 3.70. The van der Waals surface area contributed by atoms with E-state index >= 15 is 0 Å². The van der Waals surface area contributed by atoms with Crippen LogP contribution < -0.4 is 5.73 Å². The lowest BCUT2D eigenvalue weighted by molar-refractivity contribution is -0.125. The molecule has 1 amide bonds. The molecule has 1 aromatic carbocycles. The van der Waals surface area contributed by atoms with Crippen LogP contribution in [0.4, 0.5) is 0 Å². The number of rotatable bonds is 6. The topological polar surface area (TPSA) is 108 Å². The average Bonchev–Trinajstić information content (AvgIpc) is 2.90. The van der Waals surface area contributed by atoms with Crippen molar-refractivity contribution >= 4 is 23.6 Å². The Balaban J connectivity index is 2.09. The predicted octanol–water partition coefficient (Wildman–Crippen LogP) is 1.70. The largest absolute Gasteiger partial charge is 0.449 e. The van der Waals surface area contributed by atoms with Crippen LogP contribution in [0.15, 0.2) is 33.7 Å². The van der Waals surface area contributed by atoms with Crippen molar-refractivity contribution in [3.63, 3.8) is 0 Å². The maximum Gasteiger partial charge on any atom is 0.340 e. The van der Waals surface area contributed by atoms with Gasteiger partial charge in [-0.05, 0) is 26.0 Å². The van der Waals surface area contributed by atoms with Crippen molar-refractivity contribution in [2.75, 3.05) is 0 Å². The van der Waals surface area contributed by atoms with Crippen molar-refractivity contribution in [2.45, 2.75) is 30.6 Å². The van der Waals surface area contributed by atoms with Gasteiger partial charge in [-0.25, -0.2) is 4.79 Å². The number of amides is 1. The highest BCUT2D eigenvalue weighted by Gasteiger charge is 2.19. The van der Waals surface area contributed by atoms with Crippen molar-refractivity contribution in [2.24, 2.45) is 5.73 Å². The molecular weight excluding hydrogens is 306 g/mol. The van der Waals surface area contributed by atoms with Gasteiger partial charge in [-0.2, -0.15) is 4.98 Å². The number of ether oxygens (including phenoxy) is 1. The van der Waals surface area contributed by atoms with E-state index in [-0.39, 0.29) is 0 Å². The van der Waals surface area contributed by atoms with Crippen LogP contribution in [-0.4, -0.2) is 28.1 Å². The first-order valence-corrected chi connectivity index (χ1v) is 7.47. The van der Waals surface area contributed by atoms with Gasteiger partial charge in [0.05, 0.1) is 11.3 Å². The number of aryl methyl sites for hydroxylation is 1. The fourth-order valence-corrected chi connectivity index (χ4v) is 2.46. The third-order valence-electron chi connectivity index (χ3n) is 2.71. The second kappa shape index (κ2) is 7.08. The van der Waals surface area contributed by atoms with Gasteiger partial charge in [-0.3, -0.25) is 4.79 Å². The zero-order valence-corrected chi connectivity index (χ0v) is 12.9. The fourth-order valence-electron chi connectivity index (χ4n) is 1.58. The summed E-state index contributed by atoms with van der Waals surface area (Å²) in [4.78, 5) is 27.9. The van der Waals surface area contributed by atoms with Gasteiger partial charge in [0, 0.05) is 4.90 Å². The number of benzene rings is 1. The predicted molar refractivity (Wildman–Crippen MR) is 79.1 cm³/mol. The first kappa shape index (κ1) is 16.0. The average molecular weight is 321 g/mol. The van der Waals surface area contributed by atoms with Gasteiger partial charge in [0.15, 0.2) is 11.9 Å². The number of esters is 1. The van der Waals surface area contributed by atoms with Crippen LogP contribution >= 0.6 is 11.8 Å². The fraction of sp³-hybridized carbons (Fsp3) is 0.286. The van der Waals surface area contributed by atoms with E-state index < -0.39 is 18.0 Å². The first-order chi connectivity index (χ1) is 10.5. The second-order valence-electron chi connectivity index (χ2n) is 4.47. The van der Waals surface area contributed by atoms with Gasteiger partial charge in [0.1, 0.15) is 0 Å². The molecular formula is C14H15N3O4S. The Morgan fingerprint density at radius 3 is 2.77 bits per heavy atom. The number of nitrogens with zero attached hydrogens (tertiary/aromatic N) is 2. The molecule has 0 bridgehead atoms. The second-order valence-corrected chi connectivity index (χ2v) is 5.49. The Bertz CT molecular complexity index is 686. The van der Waals surface area contributed by atoms with Crippen LogP contribution in [0, 0.1) is 6.92 Å². The molecule has 8 heteroatoms. The maximum atomic E-state index is 12.1. The van der Waals surface area contributed by atoms with Gasteiger partial charge in [0.2, 0.25) is 5.89 Å². The molecule has 0 fully saturated rings. The third kappa shape index (κ3) is 4.08. The number of aromatic nitrogens is 2. The number of hydrogen-bond donors (Lipinski definition) is 1. The molecule has 0 saturated heterocycles. The number of primary amides is 1. The molecule has 0 aliphatic carbocycles. The summed E-state index contributed by atoms with van der Waals surface area (Å²) in [5.41, 5.74) is 5.45. The van der Waals surface area contributed by atoms with Crippen molar-refractivity contribution in [1.29, 1.82) is 0 Å². The highest BCUT2D eigenvalue weighted by molar-refractivity contribution is 7.98. The van der Waals surface area contributed by atoms with E-state index in [0.29, 0.717) is 27.9 Å². The minimum Gasteiger partial charge on any atom is -0.449 e. The summed E-state index contributed by atoms with van der Waals surface area (Å²) in [6.07, 6.45) is -0.982. The van der Waals surface area contributed by atoms with Crippen LogP contribution in [0.2, 0.25) is 0 Å². The van der Waals surface area contributed by atoms with Crippen LogP contribution in [0.25, 0.3) is 0 Å². The molecule has 1 aromatic heterocycles. The molecule has 2 N–H and O–H groups in total. The molecule has 0 radical (unpaired) electrons.